The smallest absolute Gasteiger partial charge is 0.305 e. The molecule has 0 unspecified atom stereocenters. The van der Waals surface area contributed by atoms with E-state index in [0.29, 0.717) is 22.5 Å². The van der Waals surface area contributed by atoms with Crippen LogP contribution in [-0.2, 0) is 14.8 Å². The number of benzene rings is 1. The van der Waals surface area contributed by atoms with Crippen LogP contribution in [0.2, 0.25) is 0 Å². The number of nitrogens with zero attached hydrogens (tertiary/aromatic N) is 4. The number of rotatable bonds is 10. The Labute approximate surface area is 211 Å². The Morgan fingerprint density at radius 2 is 1.72 bits per heavy atom. The molecule has 0 aliphatic rings. The molecule has 0 radical (unpaired) electrons. The van der Waals surface area contributed by atoms with Crippen molar-refractivity contribution in [2.45, 2.75) is 44.8 Å². The first-order valence-corrected chi connectivity index (χ1v) is 12.9. The largest absolute Gasteiger partial charge is 0.668 e. The van der Waals surface area contributed by atoms with Crippen LogP contribution >= 0.6 is 0 Å². The Morgan fingerprint density at radius 1 is 1.17 bits per heavy atom. The van der Waals surface area contributed by atoms with Crippen LogP contribution in [0.4, 0.5) is 10.3 Å². The van der Waals surface area contributed by atoms with Crippen molar-refractivity contribution < 1.29 is 32.9 Å². The SMILES string of the molecule is CC(C)c1nc(N(C)S(C)(=O)=O)nc(-c2ccc(F)cc2)c1/C=C/[C@@H](O)C[C@@H](O)CC(=O)O.C[N-]C. The zero-order chi connectivity index (χ0) is 27.6. The highest BCUT2D eigenvalue weighted by molar-refractivity contribution is 7.92. The van der Waals surface area contributed by atoms with E-state index in [0.717, 1.165) is 10.6 Å². The summed E-state index contributed by atoms with van der Waals surface area (Å²) in [5, 5.41) is 32.3. The van der Waals surface area contributed by atoms with Crippen molar-refractivity contribution in [3.05, 3.63) is 52.7 Å². The molecule has 2 atom stereocenters. The average molecular weight is 526 g/mol. The molecule has 12 heteroatoms. The molecule has 10 nitrogen and oxygen atoms in total. The number of anilines is 1. The third-order valence-electron chi connectivity index (χ3n) is 4.82. The summed E-state index contributed by atoms with van der Waals surface area (Å²) in [6, 6.07) is 5.49. The van der Waals surface area contributed by atoms with E-state index in [2.05, 4.69) is 15.3 Å². The zero-order valence-corrected chi connectivity index (χ0v) is 22.1. The second kappa shape index (κ2) is 14.0. The second-order valence-corrected chi connectivity index (χ2v) is 10.4. The van der Waals surface area contributed by atoms with Crippen LogP contribution in [0.3, 0.4) is 0 Å². The predicted molar refractivity (Wildman–Crippen MR) is 138 cm³/mol. The van der Waals surface area contributed by atoms with Gasteiger partial charge in [0.05, 0.1) is 36.3 Å². The van der Waals surface area contributed by atoms with E-state index < -0.39 is 40.4 Å². The molecule has 0 saturated carbocycles. The maximum atomic E-state index is 13.5. The van der Waals surface area contributed by atoms with Gasteiger partial charge in [0, 0.05) is 24.6 Å². The Morgan fingerprint density at radius 3 is 2.19 bits per heavy atom. The predicted octanol–water partition coefficient (Wildman–Crippen LogP) is 3.02. The summed E-state index contributed by atoms with van der Waals surface area (Å²) in [4.78, 5) is 19.6. The number of sulfonamides is 1. The molecule has 0 saturated heterocycles. The quantitative estimate of drug-likeness (QED) is 0.427. The summed E-state index contributed by atoms with van der Waals surface area (Å²) < 4.78 is 38.6. The van der Waals surface area contributed by atoms with Crippen molar-refractivity contribution in [3.63, 3.8) is 0 Å². The molecule has 3 N–H and O–H groups in total. The van der Waals surface area contributed by atoms with Gasteiger partial charge in [-0.15, -0.1) is 0 Å². The zero-order valence-electron chi connectivity index (χ0n) is 21.3. The van der Waals surface area contributed by atoms with Crippen molar-refractivity contribution in [1.82, 2.24) is 9.97 Å². The van der Waals surface area contributed by atoms with Crippen LogP contribution in [0.25, 0.3) is 22.7 Å². The number of aliphatic carboxylic acids is 1. The summed E-state index contributed by atoms with van der Waals surface area (Å²) in [6.07, 6.45) is 0.860. The summed E-state index contributed by atoms with van der Waals surface area (Å²) in [5.74, 6) is -1.87. The van der Waals surface area contributed by atoms with Gasteiger partial charge >= 0.3 is 5.97 Å². The third-order valence-corrected chi connectivity index (χ3v) is 5.97. The topological polar surface area (TPSA) is 155 Å². The first-order chi connectivity index (χ1) is 16.7. The van der Waals surface area contributed by atoms with Crippen molar-refractivity contribution >= 4 is 28.0 Å². The summed E-state index contributed by atoms with van der Waals surface area (Å²) in [5.41, 5.74) is 1.80. The number of aliphatic hydroxyl groups is 2. The Bertz CT molecular complexity index is 1140. The number of carboxylic acids is 1. The molecule has 200 valence electrons. The lowest BCUT2D eigenvalue weighted by Gasteiger charge is -2.20. The molecule has 1 aromatic heterocycles. The van der Waals surface area contributed by atoms with E-state index in [4.69, 9.17) is 5.11 Å². The molecule has 0 aliphatic carbocycles. The lowest BCUT2D eigenvalue weighted by atomic mass is 9.97. The number of hydrogen-bond acceptors (Lipinski definition) is 7. The van der Waals surface area contributed by atoms with Gasteiger partial charge in [-0.25, -0.2) is 27.1 Å². The molecule has 0 spiro atoms. The molecule has 36 heavy (non-hydrogen) atoms. The first-order valence-electron chi connectivity index (χ1n) is 11.1. The van der Waals surface area contributed by atoms with E-state index in [-0.39, 0.29) is 18.3 Å². The monoisotopic (exact) mass is 525 g/mol. The van der Waals surface area contributed by atoms with Gasteiger partial charge in [-0.3, -0.25) is 4.79 Å². The lowest BCUT2D eigenvalue weighted by Crippen LogP contribution is -2.27. The van der Waals surface area contributed by atoms with Crippen molar-refractivity contribution in [2.24, 2.45) is 0 Å². The van der Waals surface area contributed by atoms with Gasteiger partial charge in [0.2, 0.25) is 16.0 Å². The van der Waals surface area contributed by atoms with E-state index in [1.807, 2.05) is 13.8 Å². The average Bonchev–Trinajstić information content (AvgIpc) is 2.76. The Balaban J connectivity index is 0.00000205. The van der Waals surface area contributed by atoms with Crippen LogP contribution in [0, 0.1) is 5.82 Å². The van der Waals surface area contributed by atoms with Crippen LogP contribution in [0.1, 0.15) is 43.9 Å². The maximum Gasteiger partial charge on any atom is 0.305 e. The fraction of sp³-hybridized carbons (Fsp3) is 0.458. The summed E-state index contributed by atoms with van der Waals surface area (Å²) >= 11 is 0. The molecule has 1 aromatic carbocycles. The fourth-order valence-corrected chi connectivity index (χ4v) is 3.42. The molecule has 0 aliphatic heterocycles. The molecule has 2 aromatic rings. The normalized spacial score (nSPS) is 13.3. The van der Waals surface area contributed by atoms with Crippen molar-refractivity contribution in [1.29, 1.82) is 0 Å². The van der Waals surface area contributed by atoms with Crippen LogP contribution in [0.15, 0.2) is 30.3 Å². The fourth-order valence-electron chi connectivity index (χ4n) is 3.05. The minimum absolute atomic E-state index is 0.0601. The third kappa shape index (κ3) is 9.61. The maximum absolute atomic E-state index is 13.5. The minimum Gasteiger partial charge on any atom is -0.668 e. The number of aromatic nitrogens is 2. The van der Waals surface area contributed by atoms with Crippen molar-refractivity contribution in [3.8, 4) is 11.3 Å². The van der Waals surface area contributed by atoms with Gasteiger partial charge in [-0.05, 0) is 30.2 Å². The minimum atomic E-state index is -3.65. The number of aliphatic hydroxyl groups excluding tert-OH is 2. The van der Waals surface area contributed by atoms with Gasteiger partial charge in [0.15, 0.2) is 0 Å². The second-order valence-electron chi connectivity index (χ2n) is 8.42. The summed E-state index contributed by atoms with van der Waals surface area (Å²) in [6.45, 7) is 3.71. The van der Waals surface area contributed by atoms with Crippen LogP contribution in [-0.4, -0.2) is 79.3 Å². The van der Waals surface area contributed by atoms with Gasteiger partial charge in [-0.1, -0.05) is 26.0 Å². The lowest BCUT2D eigenvalue weighted by molar-refractivity contribution is -0.139. The standard InChI is InChI=1S/C22H28FN3O6S.C2H6N/c1-13(2)20-18(10-9-16(27)11-17(28)12-19(29)30)21(14-5-7-15(23)8-6-14)25-22(24-20)26(3)33(4,31)32;1-3-2/h5-10,13,16-17,27-28H,11-12H2,1-4H3,(H,29,30);1-2H3/q;-1/b10-9+;/t16-,17-;/m1./s1. The highest BCUT2D eigenvalue weighted by atomic mass is 32.2. The molecule has 0 amide bonds. The van der Waals surface area contributed by atoms with Crippen LogP contribution in [0.5, 0.6) is 0 Å². The molecule has 2 rings (SSSR count). The van der Waals surface area contributed by atoms with Gasteiger partial charge in [0.1, 0.15) is 5.82 Å². The first kappa shape index (κ1) is 31.1. The van der Waals surface area contributed by atoms with Gasteiger partial charge in [0.25, 0.3) is 0 Å². The van der Waals surface area contributed by atoms with Gasteiger partial charge < -0.3 is 20.6 Å². The Hall–Kier alpha value is -2.93. The molecular weight excluding hydrogens is 491 g/mol. The molecule has 1 heterocycles. The highest BCUT2D eigenvalue weighted by Gasteiger charge is 2.22. The van der Waals surface area contributed by atoms with Crippen molar-refractivity contribution in [2.75, 3.05) is 31.7 Å². The number of carbonyl (C=O) groups is 1. The van der Waals surface area contributed by atoms with Gasteiger partial charge in [-0.2, -0.15) is 14.1 Å². The number of halogens is 1. The summed E-state index contributed by atoms with van der Waals surface area (Å²) in [7, 11) is 1.17. The Kier molecular flexibility index (Phi) is 12.1. The highest BCUT2D eigenvalue weighted by Crippen LogP contribution is 2.31. The van der Waals surface area contributed by atoms with E-state index in [9.17, 15) is 27.8 Å². The molecule has 0 fully saturated rings. The van der Waals surface area contributed by atoms with E-state index in [1.165, 1.54) is 43.5 Å². The van der Waals surface area contributed by atoms with E-state index >= 15 is 0 Å². The molecular formula is C24H34FN4O6S-. The number of carboxylic acid groups (broad SMARTS) is 1. The molecule has 0 bridgehead atoms. The number of hydrogen-bond donors (Lipinski definition) is 3. The van der Waals surface area contributed by atoms with Crippen LogP contribution < -0.4 is 4.31 Å². The van der Waals surface area contributed by atoms with E-state index in [1.54, 1.807) is 14.1 Å².